The molecule has 1 fully saturated rings. The molecule has 1 aromatic carbocycles. The minimum atomic E-state index is -0.0286. The van der Waals surface area contributed by atoms with Crippen LogP contribution in [0.2, 0.25) is 0 Å². The Kier molecular flexibility index (Phi) is 3.71. The van der Waals surface area contributed by atoms with Crippen LogP contribution < -0.4 is 0 Å². The van der Waals surface area contributed by atoms with Gasteiger partial charge in [-0.05, 0) is 49.4 Å². The third-order valence-corrected chi connectivity index (χ3v) is 4.08. The van der Waals surface area contributed by atoms with Crippen LogP contribution in [0.1, 0.15) is 34.8 Å². The summed E-state index contributed by atoms with van der Waals surface area (Å²) in [4.78, 5) is 14.3. The average Bonchev–Trinajstić information content (AvgIpc) is 2.73. The zero-order valence-electron chi connectivity index (χ0n) is 11.3. The number of aliphatic hydroxyl groups is 1. The molecule has 2 atom stereocenters. The highest BCUT2D eigenvalue weighted by molar-refractivity contribution is 5.95. The highest BCUT2D eigenvalue weighted by Crippen LogP contribution is 2.25. The van der Waals surface area contributed by atoms with Gasteiger partial charge in [0.15, 0.2) is 0 Å². The molecular formula is C15H21NO2. The zero-order valence-corrected chi connectivity index (χ0v) is 11.3. The number of aliphatic hydroxyl groups excluding tert-OH is 1. The van der Waals surface area contributed by atoms with Crippen molar-refractivity contribution >= 4 is 5.91 Å². The molecule has 1 aliphatic rings. The molecule has 1 saturated heterocycles. The van der Waals surface area contributed by atoms with Crippen molar-refractivity contribution in [2.45, 2.75) is 33.2 Å². The fourth-order valence-electron chi connectivity index (χ4n) is 2.58. The van der Waals surface area contributed by atoms with Crippen LogP contribution in [0.4, 0.5) is 0 Å². The van der Waals surface area contributed by atoms with Gasteiger partial charge in [0.1, 0.15) is 0 Å². The molecule has 18 heavy (non-hydrogen) atoms. The van der Waals surface area contributed by atoms with Gasteiger partial charge in [0.05, 0.1) is 12.6 Å². The molecule has 1 amide bonds. The van der Waals surface area contributed by atoms with E-state index in [4.69, 9.17) is 0 Å². The summed E-state index contributed by atoms with van der Waals surface area (Å²) in [5.41, 5.74) is 3.05. The fourth-order valence-corrected chi connectivity index (χ4v) is 2.58. The van der Waals surface area contributed by atoms with Crippen molar-refractivity contribution in [3.05, 3.63) is 34.9 Å². The lowest BCUT2D eigenvalue weighted by atomic mass is 10.0. The third-order valence-electron chi connectivity index (χ3n) is 4.08. The van der Waals surface area contributed by atoms with Gasteiger partial charge >= 0.3 is 0 Å². The number of benzene rings is 1. The summed E-state index contributed by atoms with van der Waals surface area (Å²) < 4.78 is 0. The van der Waals surface area contributed by atoms with Gasteiger partial charge in [-0.25, -0.2) is 0 Å². The summed E-state index contributed by atoms with van der Waals surface area (Å²) in [5, 5.41) is 9.41. The Balaban J connectivity index is 2.23. The number of carbonyl (C=O) groups is 1. The molecule has 1 aliphatic heterocycles. The summed E-state index contributed by atoms with van der Waals surface area (Å²) in [7, 11) is 0. The Morgan fingerprint density at radius 3 is 2.72 bits per heavy atom. The first-order chi connectivity index (χ1) is 8.54. The molecular weight excluding hydrogens is 226 g/mol. The quantitative estimate of drug-likeness (QED) is 0.870. The van der Waals surface area contributed by atoms with E-state index in [2.05, 4.69) is 6.92 Å². The molecule has 0 aliphatic carbocycles. The number of carbonyl (C=O) groups excluding carboxylic acids is 1. The smallest absolute Gasteiger partial charge is 0.254 e. The Morgan fingerprint density at radius 2 is 2.11 bits per heavy atom. The molecule has 0 radical (unpaired) electrons. The Morgan fingerprint density at radius 1 is 1.39 bits per heavy atom. The summed E-state index contributed by atoms with van der Waals surface area (Å²) in [6.07, 6.45) is 0.974. The molecule has 3 nitrogen and oxygen atoms in total. The van der Waals surface area contributed by atoms with Crippen molar-refractivity contribution in [3.63, 3.8) is 0 Å². The van der Waals surface area contributed by atoms with E-state index in [1.165, 1.54) is 5.56 Å². The second kappa shape index (κ2) is 5.11. The van der Waals surface area contributed by atoms with Crippen molar-refractivity contribution < 1.29 is 9.90 Å². The molecule has 2 unspecified atom stereocenters. The maximum absolute atomic E-state index is 12.4. The predicted molar refractivity (Wildman–Crippen MR) is 71.6 cm³/mol. The largest absolute Gasteiger partial charge is 0.394 e. The summed E-state index contributed by atoms with van der Waals surface area (Å²) >= 11 is 0. The number of rotatable bonds is 2. The summed E-state index contributed by atoms with van der Waals surface area (Å²) in [5.74, 6) is 0.423. The molecule has 0 saturated carbocycles. The van der Waals surface area contributed by atoms with E-state index in [0.717, 1.165) is 24.1 Å². The van der Waals surface area contributed by atoms with Gasteiger partial charge in [-0.3, -0.25) is 4.79 Å². The topological polar surface area (TPSA) is 40.5 Å². The maximum Gasteiger partial charge on any atom is 0.254 e. The number of nitrogens with zero attached hydrogens (tertiary/aromatic N) is 1. The lowest BCUT2D eigenvalue weighted by Gasteiger charge is -2.25. The minimum absolute atomic E-state index is 0.0286. The fraction of sp³-hybridized carbons (Fsp3) is 0.533. The van der Waals surface area contributed by atoms with Crippen LogP contribution in [0.5, 0.6) is 0 Å². The monoisotopic (exact) mass is 247 g/mol. The van der Waals surface area contributed by atoms with Gasteiger partial charge < -0.3 is 10.0 Å². The Labute approximate surface area is 108 Å². The third kappa shape index (κ3) is 2.27. The lowest BCUT2D eigenvalue weighted by Crippen LogP contribution is -2.39. The molecule has 1 heterocycles. The highest BCUT2D eigenvalue weighted by Gasteiger charge is 2.34. The standard InChI is InChI=1S/C15H21NO2/c1-10-4-5-13(8-12(10)3)15(18)16-7-6-11(2)14(16)9-17/h4-5,8,11,14,17H,6-7,9H2,1-3H3. The van der Waals surface area contributed by atoms with Crippen molar-refractivity contribution in [2.75, 3.05) is 13.2 Å². The second-order valence-electron chi connectivity index (χ2n) is 5.31. The summed E-state index contributed by atoms with van der Waals surface area (Å²) in [6.45, 7) is 6.95. The first-order valence-electron chi connectivity index (χ1n) is 6.53. The zero-order chi connectivity index (χ0) is 13.3. The number of hydrogen-bond acceptors (Lipinski definition) is 2. The van der Waals surface area contributed by atoms with E-state index in [1.807, 2.05) is 36.9 Å². The average molecular weight is 247 g/mol. The molecule has 1 aromatic rings. The van der Waals surface area contributed by atoms with E-state index in [0.29, 0.717) is 5.92 Å². The molecule has 1 N–H and O–H groups in total. The van der Waals surface area contributed by atoms with Crippen molar-refractivity contribution in [1.82, 2.24) is 4.90 Å². The summed E-state index contributed by atoms with van der Waals surface area (Å²) in [6, 6.07) is 5.77. The van der Waals surface area contributed by atoms with Gasteiger partial charge in [-0.1, -0.05) is 13.0 Å². The lowest BCUT2D eigenvalue weighted by molar-refractivity contribution is 0.0648. The predicted octanol–water partition coefficient (Wildman–Crippen LogP) is 2.15. The van der Waals surface area contributed by atoms with Gasteiger partial charge in [0, 0.05) is 12.1 Å². The first kappa shape index (κ1) is 13.1. The van der Waals surface area contributed by atoms with Crippen LogP contribution in [0.25, 0.3) is 0 Å². The van der Waals surface area contributed by atoms with Crippen LogP contribution in [-0.4, -0.2) is 35.1 Å². The van der Waals surface area contributed by atoms with Crippen LogP contribution >= 0.6 is 0 Å². The number of likely N-dealkylation sites (tertiary alicyclic amines) is 1. The van der Waals surface area contributed by atoms with Crippen molar-refractivity contribution in [3.8, 4) is 0 Å². The van der Waals surface area contributed by atoms with E-state index in [9.17, 15) is 9.90 Å². The van der Waals surface area contributed by atoms with E-state index < -0.39 is 0 Å². The highest BCUT2D eigenvalue weighted by atomic mass is 16.3. The molecule has 0 bridgehead atoms. The number of hydrogen-bond donors (Lipinski definition) is 1. The van der Waals surface area contributed by atoms with Crippen molar-refractivity contribution in [1.29, 1.82) is 0 Å². The molecule has 0 spiro atoms. The molecule has 0 aromatic heterocycles. The normalized spacial score (nSPS) is 23.4. The first-order valence-corrected chi connectivity index (χ1v) is 6.53. The second-order valence-corrected chi connectivity index (χ2v) is 5.31. The maximum atomic E-state index is 12.4. The van der Waals surface area contributed by atoms with Gasteiger partial charge in [0.25, 0.3) is 5.91 Å². The van der Waals surface area contributed by atoms with Crippen LogP contribution in [0.15, 0.2) is 18.2 Å². The SMILES string of the molecule is Cc1ccc(C(=O)N2CCC(C)C2CO)cc1C. The van der Waals surface area contributed by atoms with Crippen molar-refractivity contribution in [2.24, 2.45) is 5.92 Å². The Bertz CT molecular complexity index is 456. The van der Waals surface area contributed by atoms with Gasteiger partial charge in [-0.15, -0.1) is 0 Å². The minimum Gasteiger partial charge on any atom is -0.394 e. The van der Waals surface area contributed by atoms with Crippen LogP contribution in [0, 0.1) is 19.8 Å². The van der Waals surface area contributed by atoms with E-state index in [1.54, 1.807) is 0 Å². The number of amides is 1. The van der Waals surface area contributed by atoms with E-state index >= 15 is 0 Å². The Hall–Kier alpha value is -1.35. The van der Waals surface area contributed by atoms with Crippen LogP contribution in [0.3, 0.4) is 0 Å². The molecule has 98 valence electrons. The van der Waals surface area contributed by atoms with E-state index in [-0.39, 0.29) is 18.6 Å². The van der Waals surface area contributed by atoms with Gasteiger partial charge in [0.2, 0.25) is 0 Å². The van der Waals surface area contributed by atoms with Gasteiger partial charge in [-0.2, -0.15) is 0 Å². The van der Waals surface area contributed by atoms with Crippen LogP contribution in [-0.2, 0) is 0 Å². The number of aryl methyl sites for hydroxylation is 2. The molecule has 3 heteroatoms. The molecule has 2 rings (SSSR count).